The molecule has 1 unspecified atom stereocenters. The van der Waals surface area contributed by atoms with Gasteiger partial charge in [0, 0.05) is 30.8 Å². The van der Waals surface area contributed by atoms with Gasteiger partial charge in [0.1, 0.15) is 5.82 Å². The number of ether oxygens (including phenoxy) is 2. The molecule has 4 rings (SSSR count). The Morgan fingerprint density at radius 3 is 3.07 bits per heavy atom. The van der Waals surface area contributed by atoms with Crippen LogP contribution in [0.5, 0.6) is 0 Å². The third kappa shape index (κ3) is 5.15. The van der Waals surface area contributed by atoms with E-state index in [2.05, 4.69) is 20.1 Å². The van der Waals surface area contributed by atoms with Crippen LogP contribution in [0, 0.1) is 0 Å². The molecule has 0 radical (unpaired) electrons. The molecule has 3 heterocycles. The first kappa shape index (κ1) is 20.3. The number of fused-ring (bicyclic) bond motifs is 1. The molecule has 2 aliphatic rings. The van der Waals surface area contributed by atoms with Gasteiger partial charge in [-0.05, 0) is 43.9 Å². The van der Waals surface area contributed by atoms with E-state index in [-0.39, 0.29) is 12.0 Å². The van der Waals surface area contributed by atoms with Gasteiger partial charge in [0.2, 0.25) is 5.91 Å². The first-order valence-corrected chi connectivity index (χ1v) is 10.8. The van der Waals surface area contributed by atoms with E-state index in [1.807, 2.05) is 6.07 Å². The topological polar surface area (TPSA) is 78.3 Å². The fourth-order valence-electron chi connectivity index (χ4n) is 3.84. The molecule has 1 atom stereocenters. The lowest BCUT2D eigenvalue weighted by molar-refractivity contribution is -0.117. The van der Waals surface area contributed by atoms with E-state index in [0.29, 0.717) is 30.3 Å². The van der Waals surface area contributed by atoms with Gasteiger partial charge in [-0.3, -0.25) is 4.79 Å². The number of benzene rings is 1. The quantitative estimate of drug-likeness (QED) is 0.691. The van der Waals surface area contributed by atoms with Gasteiger partial charge in [0.15, 0.2) is 5.82 Å². The number of aryl methyl sites for hydroxylation is 1. The maximum atomic E-state index is 12.3. The van der Waals surface area contributed by atoms with Gasteiger partial charge in [-0.2, -0.15) is 0 Å². The van der Waals surface area contributed by atoms with Crippen LogP contribution >= 0.6 is 11.6 Å². The van der Waals surface area contributed by atoms with Crippen molar-refractivity contribution in [3.8, 4) is 11.4 Å². The molecule has 7 nitrogen and oxygen atoms in total. The number of nitrogens with one attached hydrogen (secondary N) is 1. The molecule has 0 spiro atoms. The first-order valence-electron chi connectivity index (χ1n) is 10.4. The molecule has 1 saturated heterocycles. The predicted molar refractivity (Wildman–Crippen MR) is 111 cm³/mol. The predicted octanol–water partition coefficient (Wildman–Crippen LogP) is 3.85. The average molecular weight is 419 g/mol. The minimum Gasteiger partial charge on any atom is -0.378 e. The summed E-state index contributed by atoms with van der Waals surface area (Å²) in [6.45, 7) is 2.63. The van der Waals surface area contributed by atoms with Crippen LogP contribution in [-0.4, -0.2) is 46.6 Å². The molecule has 0 aliphatic carbocycles. The van der Waals surface area contributed by atoms with Gasteiger partial charge in [-0.25, -0.2) is 0 Å². The van der Waals surface area contributed by atoms with Gasteiger partial charge in [-0.15, -0.1) is 10.2 Å². The molecule has 156 valence electrons. The van der Waals surface area contributed by atoms with E-state index in [1.54, 1.807) is 12.1 Å². The van der Waals surface area contributed by atoms with Crippen molar-refractivity contribution >= 4 is 23.2 Å². The largest absolute Gasteiger partial charge is 0.378 e. The molecule has 0 saturated carbocycles. The maximum Gasteiger partial charge on any atom is 0.226 e. The first-order chi connectivity index (χ1) is 14.2. The molecule has 2 aliphatic heterocycles. The molecular weight excluding hydrogens is 392 g/mol. The molecule has 1 fully saturated rings. The lowest BCUT2D eigenvalue weighted by Crippen LogP contribution is -2.18. The van der Waals surface area contributed by atoms with Crippen molar-refractivity contribution in [2.45, 2.75) is 57.6 Å². The van der Waals surface area contributed by atoms with Crippen LogP contribution < -0.4 is 5.32 Å². The van der Waals surface area contributed by atoms with Crippen molar-refractivity contribution < 1.29 is 14.3 Å². The summed E-state index contributed by atoms with van der Waals surface area (Å²) in [7, 11) is 0. The highest BCUT2D eigenvalue weighted by atomic mass is 35.5. The highest BCUT2D eigenvalue weighted by Gasteiger charge is 2.19. The smallest absolute Gasteiger partial charge is 0.226 e. The maximum absolute atomic E-state index is 12.3. The number of carbonyl (C=O) groups is 1. The molecule has 1 aromatic carbocycles. The van der Waals surface area contributed by atoms with Crippen molar-refractivity contribution in [1.82, 2.24) is 14.8 Å². The van der Waals surface area contributed by atoms with E-state index in [4.69, 9.17) is 21.1 Å². The van der Waals surface area contributed by atoms with Crippen molar-refractivity contribution in [1.29, 1.82) is 0 Å². The Morgan fingerprint density at radius 2 is 2.21 bits per heavy atom. The highest BCUT2D eigenvalue weighted by molar-refractivity contribution is 6.33. The zero-order valence-electron chi connectivity index (χ0n) is 16.5. The molecule has 1 N–H and O–H groups in total. The monoisotopic (exact) mass is 418 g/mol. The lowest BCUT2D eigenvalue weighted by Gasteiger charge is -2.12. The van der Waals surface area contributed by atoms with Gasteiger partial charge in [-0.1, -0.05) is 18.0 Å². The normalized spacial score (nSPS) is 19.0. The van der Waals surface area contributed by atoms with Crippen LogP contribution in [0.25, 0.3) is 11.4 Å². The summed E-state index contributed by atoms with van der Waals surface area (Å²) < 4.78 is 13.2. The standard InChI is InChI=1S/C21H27ClN4O3/c22-18-8-7-15(23-20(27)9-12-28-14-16-5-4-11-29-16)13-17(18)21-25-24-19-6-2-1-3-10-26(19)21/h7-8,13,16H,1-6,9-12,14H2,(H,23,27). The Kier molecular flexibility index (Phi) is 6.79. The Labute approximate surface area is 175 Å². The van der Waals surface area contributed by atoms with Crippen LogP contribution in [0.3, 0.4) is 0 Å². The SMILES string of the molecule is O=C(CCOCC1CCCO1)Nc1ccc(Cl)c(-c2nnc3n2CCCCC3)c1. The second kappa shape index (κ2) is 9.69. The summed E-state index contributed by atoms with van der Waals surface area (Å²) in [5, 5.41) is 12.2. The summed E-state index contributed by atoms with van der Waals surface area (Å²) >= 11 is 6.45. The van der Waals surface area contributed by atoms with Crippen LogP contribution in [0.2, 0.25) is 5.02 Å². The van der Waals surface area contributed by atoms with Gasteiger partial charge in [0.05, 0.1) is 30.8 Å². The highest BCUT2D eigenvalue weighted by Crippen LogP contribution is 2.31. The lowest BCUT2D eigenvalue weighted by atomic mass is 10.1. The molecule has 1 amide bonds. The zero-order chi connectivity index (χ0) is 20.1. The number of hydrogen-bond acceptors (Lipinski definition) is 5. The number of amides is 1. The van der Waals surface area contributed by atoms with Crippen molar-refractivity contribution in [3.63, 3.8) is 0 Å². The second-order valence-electron chi connectivity index (χ2n) is 7.60. The Balaban J connectivity index is 1.37. The number of aromatic nitrogens is 3. The summed E-state index contributed by atoms with van der Waals surface area (Å²) in [6, 6.07) is 5.46. The summed E-state index contributed by atoms with van der Waals surface area (Å²) in [5.41, 5.74) is 1.49. The molecular formula is C21H27ClN4O3. The average Bonchev–Trinajstić information content (AvgIpc) is 3.31. The number of nitrogens with zero attached hydrogens (tertiary/aromatic N) is 3. The number of halogens is 1. The second-order valence-corrected chi connectivity index (χ2v) is 8.01. The molecule has 0 bridgehead atoms. The van der Waals surface area contributed by atoms with Crippen molar-refractivity contribution in [2.75, 3.05) is 25.1 Å². The van der Waals surface area contributed by atoms with E-state index in [9.17, 15) is 4.79 Å². The number of rotatable bonds is 7. The molecule has 8 heteroatoms. The van der Waals surface area contributed by atoms with Crippen molar-refractivity contribution in [3.05, 3.63) is 29.0 Å². The summed E-state index contributed by atoms with van der Waals surface area (Å²) in [5.74, 6) is 1.68. The number of anilines is 1. The van der Waals surface area contributed by atoms with Crippen LogP contribution in [0.15, 0.2) is 18.2 Å². The number of carbonyl (C=O) groups excluding carboxylic acids is 1. The Bertz CT molecular complexity index is 848. The summed E-state index contributed by atoms with van der Waals surface area (Å²) in [6.07, 6.45) is 6.97. The third-order valence-electron chi connectivity index (χ3n) is 5.40. The van der Waals surface area contributed by atoms with Crippen LogP contribution in [-0.2, 0) is 27.2 Å². The number of hydrogen-bond donors (Lipinski definition) is 1. The molecule has 2 aromatic rings. The van der Waals surface area contributed by atoms with Gasteiger partial charge >= 0.3 is 0 Å². The Morgan fingerprint density at radius 1 is 1.28 bits per heavy atom. The molecule has 1 aromatic heterocycles. The minimum atomic E-state index is -0.0920. The summed E-state index contributed by atoms with van der Waals surface area (Å²) in [4.78, 5) is 12.3. The van der Waals surface area contributed by atoms with Gasteiger partial charge < -0.3 is 19.4 Å². The van der Waals surface area contributed by atoms with Crippen molar-refractivity contribution in [2.24, 2.45) is 0 Å². The van der Waals surface area contributed by atoms with E-state index >= 15 is 0 Å². The fraction of sp³-hybridized carbons (Fsp3) is 0.571. The third-order valence-corrected chi connectivity index (χ3v) is 5.73. The van der Waals surface area contributed by atoms with E-state index in [0.717, 1.165) is 62.5 Å². The van der Waals surface area contributed by atoms with E-state index < -0.39 is 0 Å². The van der Waals surface area contributed by atoms with Crippen LogP contribution in [0.1, 0.15) is 44.3 Å². The fourth-order valence-corrected chi connectivity index (χ4v) is 4.04. The van der Waals surface area contributed by atoms with E-state index in [1.165, 1.54) is 6.42 Å². The Hall–Kier alpha value is -1.96. The van der Waals surface area contributed by atoms with Gasteiger partial charge in [0.25, 0.3) is 0 Å². The minimum absolute atomic E-state index is 0.0920. The van der Waals surface area contributed by atoms with Crippen LogP contribution in [0.4, 0.5) is 5.69 Å². The zero-order valence-corrected chi connectivity index (χ0v) is 17.3. The molecule has 29 heavy (non-hydrogen) atoms.